The molecular weight excluding hydrogens is 276 g/mol. The van der Waals surface area contributed by atoms with Gasteiger partial charge in [-0.15, -0.1) is 0 Å². The van der Waals surface area contributed by atoms with E-state index in [1.807, 2.05) is 28.9 Å². The van der Waals surface area contributed by atoms with Crippen molar-refractivity contribution in [3.8, 4) is 0 Å². The summed E-state index contributed by atoms with van der Waals surface area (Å²) in [5.41, 5.74) is 10.3. The molecule has 0 aliphatic rings. The minimum atomic E-state index is -0.209. The molecule has 0 aliphatic carbocycles. The highest BCUT2D eigenvalue weighted by atomic mass is 16.1. The molecule has 2 heterocycles. The lowest BCUT2D eigenvalue weighted by atomic mass is 10.1. The first kappa shape index (κ1) is 14.3. The Labute approximate surface area is 128 Å². The van der Waals surface area contributed by atoms with Crippen LogP contribution in [0.1, 0.15) is 16.8 Å². The molecule has 0 spiro atoms. The standard InChI is InChI=1S/C17H18N4O/c1-12-2-4-13(5-3-12)8-15-11-21-10-14(20-17(22)9-18)6-7-16(21)19-15/h2-7,10-11H,8-9,18H2,1H3,(H,20,22). The first-order valence-electron chi connectivity index (χ1n) is 7.17. The number of amides is 1. The summed E-state index contributed by atoms with van der Waals surface area (Å²) in [6.45, 7) is 2.05. The number of carbonyl (C=O) groups is 1. The Hall–Kier alpha value is -2.66. The average Bonchev–Trinajstić information content (AvgIpc) is 2.91. The number of carbonyl (C=O) groups excluding carboxylic acids is 1. The summed E-state index contributed by atoms with van der Waals surface area (Å²) in [7, 11) is 0. The predicted molar refractivity (Wildman–Crippen MR) is 86.9 cm³/mol. The van der Waals surface area contributed by atoms with Gasteiger partial charge < -0.3 is 15.5 Å². The number of benzene rings is 1. The van der Waals surface area contributed by atoms with Crippen LogP contribution in [0.5, 0.6) is 0 Å². The van der Waals surface area contributed by atoms with Crippen LogP contribution in [-0.4, -0.2) is 21.8 Å². The second kappa shape index (κ2) is 5.99. The van der Waals surface area contributed by atoms with E-state index in [4.69, 9.17) is 5.73 Å². The van der Waals surface area contributed by atoms with Crippen LogP contribution in [0, 0.1) is 6.92 Å². The zero-order chi connectivity index (χ0) is 15.5. The van der Waals surface area contributed by atoms with Crippen LogP contribution in [0.15, 0.2) is 48.8 Å². The molecule has 0 bridgehead atoms. The molecule has 22 heavy (non-hydrogen) atoms. The minimum Gasteiger partial charge on any atom is -0.324 e. The lowest BCUT2D eigenvalue weighted by Gasteiger charge is -2.03. The first-order valence-corrected chi connectivity index (χ1v) is 7.17. The highest BCUT2D eigenvalue weighted by Crippen LogP contribution is 2.14. The molecule has 0 saturated heterocycles. The van der Waals surface area contributed by atoms with Gasteiger partial charge in [0.05, 0.1) is 17.9 Å². The van der Waals surface area contributed by atoms with Crippen molar-refractivity contribution < 1.29 is 4.79 Å². The van der Waals surface area contributed by atoms with Gasteiger partial charge in [0, 0.05) is 18.8 Å². The number of rotatable bonds is 4. The van der Waals surface area contributed by atoms with E-state index in [-0.39, 0.29) is 12.5 Å². The predicted octanol–water partition coefficient (Wildman–Crippen LogP) is 2.13. The van der Waals surface area contributed by atoms with Crippen LogP contribution in [0.4, 0.5) is 5.69 Å². The molecule has 5 nitrogen and oxygen atoms in total. The third kappa shape index (κ3) is 3.15. The summed E-state index contributed by atoms with van der Waals surface area (Å²) >= 11 is 0. The van der Waals surface area contributed by atoms with E-state index in [0.29, 0.717) is 5.69 Å². The minimum absolute atomic E-state index is 0.0271. The molecule has 2 aromatic heterocycles. The third-order valence-corrected chi connectivity index (χ3v) is 3.48. The van der Waals surface area contributed by atoms with Crippen LogP contribution in [-0.2, 0) is 11.2 Å². The van der Waals surface area contributed by atoms with Gasteiger partial charge in [0.1, 0.15) is 5.65 Å². The number of hydrogen-bond donors (Lipinski definition) is 2. The van der Waals surface area contributed by atoms with E-state index < -0.39 is 0 Å². The number of hydrogen-bond acceptors (Lipinski definition) is 3. The van der Waals surface area contributed by atoms with E-state index in [2.05, 4.69) is 41.5 Å². The van der Waals surface area contributed by atoms with Gasteiger partial charge in [-0.05, 0) is 24.6 Å². The Balaban J connectivity index is 1.83. The van der Waals surface area contributed by atoms with Gasteiger partial charge in [-0.1, -0.05) is 29.8 Å². The van der Waals surface area contributed by atoms with Gasteiger partial charge in [0.2, 0.25) is 5.91 Å². The fourth-order valence-corrected chi connectivity index (χ4v) is 2.33. The maximum atomic E-state index is 11.3. The smallest absolute Gasteiger partial charge is 0.238 e. The first-order chi connectivity index (χ1) is 10.6. The van der Waals surface area contributed by atoms with Gasteiger partial charge in [-0.2, -0.15) is 0 Å². The largest absolute Gasteiger partial charge is 0.324 e. The molecule has 1 amide bonds. The van der Waals surface area contributed by atoms with E-state index in [1.165, 1.54) is 11.1 Å². The number of nitrogens with one attached hydrogen (secondary N) is 1. The molecule has 0 atom stereocenters. The molecule has 0 aliphatic heterocycles. The Morgan fingerprint density at radius 2 is 1.95 bits per heavy atom. The molecular formula is C17H18N4O. The van der Waals surface area contributed by atoms with Gasteiger partial charge in [0.15, 0.2) is 0 Å². The second-order valence-electron chi connectivity index (χ2n) is 5.33. The van der Waals surface area contributed by atoms with Gasteiger partial charge in [0.25, 0.3) is 0 Å². The Kier molecular flexibility index (Phi) is 3.89. The molecule has 0 fully saturated rings. The molecule has 5 heteroatoms. The number of aromatic nitrogens is 2. The van der Waals surface area contributed by atoms with Crippen molar-refractivity contribution in [2.75, 3.05) is 11.9 Å². The average molecular weight is 294 g/mol. The third-order valence-electron chi connectivity index (χ3n) is 3.48. The number of nitrogens with two attached hydrogens (primary N) is 1. The number of pyridine rings is 1. The van der Waals surface area contributed by atoms with Crippen molar-refractivity contribution in [1.82, 2.24) is 9.38 Å². The summed E-state index contributed by atoms with van der Waals surface area (Å²) < 4.78 is 1.91. The monoisotopic (exact) mass is 294 g/mol. The highest BCUT2D eigenvalue weighted by Gasteiger charge is 2.05. The lowest BCUT2D eigenvalue weighted by molar-refractivity contribution is -0.114. The van der Waals surface area contributed by atoms with Crippen molar-refractivity contribution in [3.63, 3.8) is 0 Å². The maximum absolute atomic E-state index is 11.3. The SMILES string of the molecule is Cc1ccc(Cc2cn3cc(NC(=O)CN)ccc3n2)cc1. The molecule has 3 aromatic rings. The fourth-order valence-electron chi connectivity index (χ4n) is 2.33. The molecule has 3 N–H and O–H groups in total. The van der Waals surface area contributed by atoms with Crippen LogP contribution in [0.2, 0.25) is 0 Å². The van der Waals surface area contributed by atoms with Crippen molar-refractivity contribution in [3.05, 3.63) is 65.6 Å². The van der Waals surface area contributed by atoms with Crippen LogP contribution in [0.3, 0.4) is 0 Å². The fraction of sp³-hybridized carbons (Fsp3) is 0.176. The lowest BCUT2D eigenvalue weighted by Crippen LogP contribution is -2.21. The van der Waals surface area contributed by atoms with Gasteiger partial charge >= 0.3 is 0 Å². The van der Waals surface area contributed by atoms with Crippen molar-refractivity contribution in [2.45, 2.75) is 13.3 Å². The van der Waals surface area contributed by atoms with E-state index >= 15 is 0 Å². The molecule has 0 radical (unpaired) electrons. The van der Waals surface area contributed by atoms with E-state index in [1.54, 1.807) is 0 Å². The molecule has 0 saturated carbocycles. The summed E-state index contributed by atoms with van der Waals surface area (Å²) in [4.78, 5) is 15.9. The van der Waals surface area contributed by atoms with Crippen molar-refractivity contribution in [1.29, 1.82) is 0 Å². The highest BCUT2D eigenvalue weighted by molar-refractivity contribution is 5.92. The van der Waals surface area contributed by atoms with Gasteiger partial charge in [-0.25, -0.2) is 4.98 Å². The quantitative estimate of drug-likeness (QED) is 0.774. The van der Waals surface area contributed by atoms with Crippen LogP contribution >= 0.6 is 0 Å². The van der Waals surface area contributed by atoms with Crippen molar-refractivity contribution >= 4 is 17.2 Å². The molecule has 112 valence electrons. The summed E-state index contributed by atoms with van der Waals surface area (Å²) in [6, 6.07) is 12.1. The Morgan fingerprint density at radius 1 is 1.18 bits per heavy atom. The number of nitrogens with zero attached hydrogens (tertiary/aromatic N) is 2. The van der Waals surface area contributed by atoms with E-state index in [0.717, 1.165) is 17.8 Å². The molecule has 1 aromatic carbocycles. The zero-order valence-corrected chi connectivity index (χ0v) is 12.4. The Morgan fingerprint density at radius 3 is 2.68 bits per heavy atom. The molecule has 3 rings (SSSR count). The topological polar surface area (TPSA) is 72.4 Å². The van der Waals surface area contributed by atoms with Gasteiger partial charge in [-0.3, -0.25) is 4.79 Å². The second-order valence-corrected chi connectivity index (χ2v) is 5.33. The zero-order valence-electron chi connectivity index (χ0n) is 12.4. The number of aryl methyl sites for hydroxylation is 1. The number of imidazole rings is 1. The number of anilines is 1. The summed E-state index contributed by atoms with van der Waals surface area (Å²) in [5, 5.41) is 2.74. The summed E-state index contributed by atoms with van der Waals surface area (Å²) in [5.74, 6) is -0.209. The van der Waals surface area contributed by atoms with Crippen LogP contribution in [0.25, 0.3) is 5.65 Å². The Bertz CT molecular complexity index is 805. The van der Waals surface area contributed by atoms with E-state index in [9.17, 15) is 4.79 Å². The maximum Gasteiger partial charge on any atom is 0.238 e. The molecule has 0 unspecified atom stereocenters. The van der Waals surface area contributed by atoms with Crippen LogP contribution < -0.4 is 11.1 Å². The summed E-state index contributed by atoms with van der Waals surface area (Å²) in [6.07, 6.45) is 4.61. The normalized spacial score (nSPS) is 10.8. The number of fused-ring (bicyclic) bond motifs is 1. The van der Waals surface area contributed by atoms with Crippen molar-refractivity contribution in [2.24, 2.45) is 5.73 Å².